The van der Waals surface area contributed by atoms with E-state index >= 15 is 0 Å². The predicted molar refractivity (Wildman–Crippen MR) is 90.5 cm³/mol. The average molecular weight is 322 g/mol. The van der Waals surface area contributed by atoms with Crippen molar-refractivity contribution in [3.8, 4) is 0 Å². The van der Waals surface area contributed by atoms with Crippen molar-refractivity contribution in [1.29, 1.82) is 0 Å². The van der Waals surface area contributed by atoms with Crippen LogP contribution in [0.2, 0.25) is 0 Å². The van der Waals surface area contributed by atoms with E-state index in [1.54, 1.807) is 11.8 Å². The smallest absolute Gasteiger partial charge is 0.244 e. The van der Waals surface area contributed by atoms with Crippen molar-refractivity contribution in [3.05, 3.63) is 17.5 Å². The third kappa shape index (κ3) is 5.04. The number of hydrogen-bond acceptors (Lipinski definition) is 4. The zero-order chi connectivity index (χ0) is 16.8. The number of ether oxygens (including phenoxy) is 1. The summed E-state index contributed by atoms with van der Waals surface area (Å²) in [6.45, 7) is 10.6. The van der Waals surface area contributed by atoms with Crippen LogP contribution in [0.15, 0.2) is 6.07 Å². The van der Waals surface area contributed by atoms with Crippen molar-refractivity contribution < 1.29 is 9.53 Å². The molecule has 6 nitrogen and oxygen atoms in total. The van der Waals surface area contributed by atoms with Crippen LogP contribution in [-0.2, 0) is 9.53 Å². The molecule has 1 N–H and O–H groups in total. The van der Waals surface area contributed by atoms with Gasteiger partial charge in [0.15, 0.2) is 0 Å². The molecule has 0 radical (unpaired) electrons. The zero-order valence-electron chi connectivity index (χ0n) is 14.8. The summed E-state index contributed by atoms with van der Waals surface area (Å²) in [5.74, 6) is 0.628. The summed E-state index contributed by atoms with van der Waals surface area (Å²) in [4.78, 5) is 14.8. The first-order valence-electron chi connectivity index (χ1n) is 8.53. The molecule has 6 heteroatoms. The number of carbonyl (C=O) groups is 1. The van der Waals surface area contributed by atoms with Crippen molar-refractivity contribution >= 4 is 5.91 Å². The van der Waals surface area contributed by atoms with Gasteiger partial charge in [0, 0.05) is 25.9 Å². The Kier molecular flexibility index (Phi) is 6.59. The first-order chi connectivity index (χ1) is 11.0. The summed E-state index contributed by atoms with van der Waals surface area (Å²) in [6, 6.07) is 1.74. The number of aromatic nitrogens is 2. The van der Waals surface area contributed by atoms with E-state index in [0.29, 0.717) is 5.92 Å². The van der Waals surface area contributed by atoms with Crippen molar-refractivity contribution in [1.82, 2.24) is 20.0 Å². The van der Waals surface area contributed by atoms with Gasteiger partial charge in [0.05, 0.1) is 12.3 Å². The number of carbonyl (C=O) groups excluding carboxylic acids is 1. The highest BCUT2D eigenvalue weighted by Gasteiger charge is 2.22. The molecule has 130 valence electrons. The Morgan fingerprint density at radius 3 is 2.70 bits per heavy atom. The molecule has 2 heterocycles. The van der Waals surface area contributed by atoms with Crippen LogP contribution < -0.4 is 5.32 Å². The molecule has 1 aliphatic heterocycles. The van der Waals surface area contributed by atoms with Gasteiger partial charge in [-0.25, -0.2) is 0 Å². The molecule has 2 rings (SSSR count). The first-order valence-corrected chi connectivity index (χ1v) is 8.53. The number of aryl methyl sites for hydroxylation is 2. The van der Waals surface area contributed by atoms with E-state index in [4.69, 9.17) is 4.74 Å². The Labute approximate surface area is 139 Å². The Bertz CT molecular complexity index is 507. The largest absolute Gasteiger partial charge is 0.383 e. The van der Waals surface area contributed by atoms with Gasteiger partial charge in [-0.1, -0.05) is 0 Å². The summed E-state index contributed by atoms with van der Waals surface area (Å²) in [7, 11) is 1.74. The Morgan fingerprint density at radius 2 is 2.13 bits per heavy atom. The van der Waals surface area contributed by atoms with E-state index in [1.807, 2.05) is 26.8 Å². The molecule has 0 aliphatic carbocycles. The number of hydrogen-bond donors (Lipinski definition) is 1. The zero-order valence-corrected chi connectivity index (χ0v) is 14.8. The molecular formula is C17H30N4O2. The predicted octanol–water partition coefficient (Wildman–Crippen LogP) is 1.54. The van der Waals surface area contributed by atoms with Gasteiger partial charge in [-0.3, -0.25) is 9.48 Å². The first kappa shape index (κ1) is 17.9. The number of amides is 1. The topological polar surface area (TPSA) is 59.4 Å². The van der Waals surface area contributed by atoms with Gasteiger partial charge >= 0.3 is 0 Å². The molecule has 0 saturated carbocycles. The van der Waals surface area contributed by atoms with Gasteiger partial charge in [0.25, 0.3) is 0 Å². The third-order valence-corrected chi connectivity index (χ3v) is 4.67. The van der Waals surface area contributed by atoms with E-state index in [-0.39, 0.29) is 11.9 Å². The van der Waals surface area contributed by atoms with Crippen molar-refractivity contribution in [2.45, 2.75) is 39.7 Å². The molecule has 1 aliphatic rings. The van der Waals surface area contributed by atoms with E-state index in [1.165, 1.54) is 0 Å². The summed E-state index contributed by atoms with van der Waals surface area (Å²) in [5, 5.41) is 7.50. The minimum Gasteiger partial charge on any atom is -0.383 e. The molecule has 1 fully saturated rings. The fourth-order valence-corrected chi connectivity index (χ4v) is 3.18. The van der Waals surface area contributed by atoms with Crippen LogP contribution in [0.3, 0.4) is 0 Å². The normalized spacial score (nSPS) is 18.1. The molecule has 1 atom stereocenters. The monoisotopic (exact) mass is 322 g/mol. The maximum atomic E-state index is 12.4. The molecule has 0 spiro atoms. The molecular weight excluding hydrogens is 292 g/mol. The fraction of sp³-hybridized carbons (Fsp3) is 0.765. The molecule has 0 bridgehead atoms. The van der Waals surface area contributed by atoms with Crippen molar-refractivity contribution in [3.63, 3.8) is 0 Å². The van der Waals surface area contributed by atoms with E-state index in [0.717, 1.165) is 57.0 Å². The summed E-state index contributed by atoms with van der Waals surface area (Å²) < 4.78 is 6.93. The van der Waals surface area contributed by atoms with Crippen LogP contribution in [0.5, 0.6) is 0 Å². The SMILES string of the molecule is COCCN1CCC(CNC(=O)C(C)n2nc(C)cc2C)CC1. The number of likely N-dealkylation sites (tertiary alicyclic amines) is 1. The van der Waals surface area contributed by atoms with Gasteiger partial charge in [-0.2, -0.15) is 5.10 Å². The van der Waals surface area contributed by atoms with Gasteiger partial charge in [-0.15, -0.1) is 0 Å². The second kappa shape index (κ2) is 8.45. The van der Waals surface area contributed by atoms with Crippen molar-refractivity contribution in [2.75, 3.05) is 39.9 Å². The minimum absolute atomic E-state index is 0.0537. The van der Waals surface area contributed by atoms with Crippen molar-refractivity contribution in [2.24, 2.45) is 5.92 Å². The van der Waals surface area contributed by atoms with Gasteiger partial charge in [0.2, 0.25) is 5.91 Å². The summed E-state index contributed by atoms with van der Waals surface area (Å²) >= 11 is 0. The molecule has 23 heavy (non-hydrogen) atoms. The van der Waals surface area contributed by atoms with Crippen LogP contribution >= 0.6 is 0 Å². The maximum absolute atomic E-state index is 12.4. The van der Waals surface area contributed by atoms with Crippen LogP contribution in [0.25, 0.3) is 0 Å². The lowest BCUT2D eigenvalue weighted by molar-refractivity contribution is -0.124. The van der Waals surface area contributed by atoms with E-state index < -0.39 is 0 Å². The highest BCUT2D eigenvalue weighted by molar-refractivity contribution is 5.79. The highest BCUT2D eigenvalue weighted by atomic mass is 16.5. The Hall–Kier alpha value is -1.40. The summed E-state index contributed by atoms with van der Waals surface area (Å²) in [6.07, 6.45) is 2.27. The number of piperidine rings is 1. The van der Waals surface area contributed by atoms with Gasteiger partial charge < -0.3 is 15.0 Å². The van der Waals surface area contributed by atoms with Crippen LogP contribution in [-0.4, -0.2) is 60.5 Å². The van der Waals surface area contributed by atoms with Crippen LogP contribution in [0.1, 0.15) is 37.2 Å². The third-order valence-electron chi connectivity index (χ3n) is 4.67. The second-order valence-corrected chi connectivity index (χ2v) is 6.57. The number of methoxy groups -OCH3 is 1. The molecule has 1 saturated heterocycles. The number of rotatable bonds is 7. The Balaban J connectivity index is 1.74. The lowest BCUT2D eigenvalue weighted by Crippen LogP contribution is -2.41. The summed E-state index contributed by atoms with van der Waals surface area (Å²) in [5.41, 5.74) is 1.97. The highest BCUT2D eigenvalue weighted by Crippen LogP contribution is 2.17. The molecule has 1 amide bonds. The fourth-order valence-electron chi connectivity index (χ4n) is 3.18. The molecule has 1 aromatic rings. The quantitative estimate of drug-likeness (QED) is 0.827. The maximum Gasteiger partial charge on any atom is 0.244 e. The Morgan fingerprint density at radius 1 is 1.43 bits per heavy atom. The van der Waals surface area contributed by atoms with E-state index in [2.05, 4.69) is 15.3 Å². The number of nitrogens with zero attached hydrogens (tertiary/aromatic N) is 3. The molecule has 0 aromatic carbocycles. The second-order valence-electron chi connectivity index (χ2n) is 6.57. The van der Waals surface area contributed by atoms with Crippen LogP contribution in [0, 0.1) is 19.8 Å². The van der Waals surface area contributed by atoms with Gasteiger partial charge in [-0.05, 0) is 58.7 Å². The number of nitrogens with one attached hydrogen (secondary N) is 1. The standard InChI is InChI=1S/C17H30N4O2/c1-13-11-14(2)21(19-13)15(3)17(22)18-12-16-5-7-20(8-6-16)9-10-23-4/h11,15-16H,5-10,12H2,1-4H3,(H,18,22). The minimum atomic E-state index is -0.259. The van der Waals surface area contributed by atoms with Gasteiger partial charge in [0.1, 0.15) is 6.04 Å². The van der Waals surface area contributed by atoms with Crippen LogP contribution in [0.4, 0.5) is 0 Å². The van der Waals surface area contributed by atoms with E-state index in [9.17, 15) is 4.79 Å². The average Bonchev–Trinajstić information content (AvgIpc) is 2.89. The molecule has 1 unspecified atom stereocenters. The lowest BCUT2D eigenvalue weighted by Gasteiger charge is -2.32. The lowest BCUT2D eigenvalue weighted by atomic mass is 9.96. The molecule has 1 aromatic heterocycles.